The van der Waals surface area contributed by atoms with E-state index in [0.717, 1.165) is 12.1 Å². The molecule has 0 aliphatic heterocycles. The standard InChI is InChI=1S/C12H21N5O2/c1-9-11(8-16-17(9)7-3-4-13)12(19)15-6-5-14-10(2)18/h8H,3-7,13H2,1-2H3,(H,14,18)(H,15,19). The summed E-state index contributed by atoms with van der Waals surface area (Å²) in [4.78, 5) is 22.6. The molecule has 0 bridgehead atoms. The van der Waals surface area contributed by atoms with Crippen molar-refractivity contribution in [2.45, 2.75) is 26.8 Å². The third-order valence-corrected chi connectivity index (χ3v) is 2.71. The lowest BCUT2D eigenvalue weighted by atomic mass is 10.2. The number of nitrogens with one attached hydrogen (secondary N) is 2. The fourth-order valence-electron chi connectivity index (χ4n) is 1.65. The normalized spacial score (nSPS) is 10.3. The summed E-state index contributed by atoms with van der Waals surface area (Å²) in [5.74, 6) is -0.290. The fourth-order valence-corrected chi connectivity index (χ4v) is 1.65. The van der Waals surface area contributed by atoms with Crippen molar-refractivity contribution in [3.05, 3.63) is 17.5 Å². The largest absolute Gasteiger partial charge is 0.355 e. The van der Waals surface area contributed by atoms with E-state index >= 15 is 0 Å². The Bertz CT molecular complexity index is 441. The Hall–Kier alpha value is -1.89. The van der Waals surface area contributed by atoms with E-state index in [9.17, 15) is 9.59 Å². The van der Waals surface area contributed by atoms with Crippen LogP contribution in [0, 0.1) is 6.92 Å². The van der Waals surface area contributed by atoms with Gasteiger partial charge in [-0.05, 0) is 19.9 Å². The molecule has 0 saturated carbocycles. The number of nitrogens with two attached hydrogens (primary N) is 1. The third-order valence-electron chi connectivity index (χ3n) is 2.71. The highest BCUT2D eigenvalue weighted by atomic mass is 16.2. The smallest absolute Gasteiger partial charge is 0.254 e. The summed E-state index contributed by atoms with van der Waals surface area (Å²) in [6.45, 7) is 5.41. The summed E-state index contributed by atoms with van der Waals surface area (Å²) in [6.07, 6.45) is 2.38. The second-order valence-corrected chi connectivity index (χ2v) is 4.25. The molecule has 0 radical (unpaired) electrons. The van der Waals surface area contributed by atoms with E-state index in [1.54, 1.807) is 10.9 Å². The number of aromatic nitrogens is 2. The van der Waals surface area contributed by atoms with Crippen LogP contribution in [-0.4, -0.2) is 41.2 Å². The molecule has 1 heterocycles. The molecule has 0 aromatic carbocycles. The summed E-state index contributed by atoms with van der Waals surface area (Å²) in [7, 11) is 0. The highest BCUT2D eigenvalue weighted by molar-refractivity contribution is 5.95. The van der Waals surface area contributed by atoms with Crippen molar-refractivity contribution in [1.29, 1.82) is 0 Å². The Morgan fingerprint density at radius 1 is 1.37 bits per heavy atom. The summed E-state index contributed by atoms with van der Waals surface area (Å²) in [5.41, 5.74) is 6.82. The van der Waals surface area contributed by atoms with Crippen LogP contribution in [0.1, 0.15) is 29.4 Å². The van der Waals surface area contributed by atoms with Gasteiger partial charge in [0.15, 0.2) is 0 Å². The Morgan fingerprint density at radius 2 is 2.05 bits per heavy atom. The van der Waals surface area contributed by atoms with Gasteiger partial charge >= 0.3 is 0 Å². The number of nitrogens with zero attached hydrogens (tertiary/aromatic N) is 2. The summed E-state index contributed by atoms with van der Waals surface area (Å²) in [6, 6.07) is 0. The lowest BCUT2D eigenvalue weighted by Gasteiger charge is -2.06. The number of amides is 2. The average molecular weight is 267 g/mol. The topological polar surface area (TPSA) is 102 Å². The van der Waals surface area contributed by atoms with Crippen LogP contribution >= 0.6 is 0 Å². The Kier molecular flexibility index (Phi) is 6.01. The van der Waals surface area contributed by atoms with Crippen LogP contribution in [-0.2, 0) is 11.3 Å². The molecule has 0 atom stereocenters. The van der Waals surface area contributed by atoms with Crippen LogP contribution in [0.15, 0.2) is 6.20 Å². The van der Waals surface area contributed by atoms with Crippen LogP contribution in [0.3, 0.4) is 0 Å². The van der Waals surface area contributed by atoms with Gasteiger partial charge in [0.1, 0.15) is 0 Å². The highest BCUT2D eigenvalue weighted by Crippen LogP contribution is 2.07. The number of hydrogen-bond acceptors (Lipinski definition) is 4. The maximum Gasteiger partial charge on any atom is 0.254 e. The molecule has 19 heavy (non-hydrogen) atoms. The fraction of sp³-hybridized carbons (Fsp3) is 0.583. The van der Waals surface area contributed by atoms with Crippen molar-refractivity contribution < 1.29 is 9.59 Å². The van der Waals surface area contributed by atoms with E-state index in [1.807, 2.05) is 6.92 Å². The van der Waals surface area contributed by atoms with Crippen molar-refractivity contribution in [2.75, 3.05) is 19.6 Å². The zero-order chi connectivity index (χ0) is 14.3. The van der Waals surface area contributed by atoms with Gasteiger partial charge in [-0.25, -0.2) is 0 Å². The van der Waals surface area contributed by atoms with Gasteiger partial charge in [0.2, 0.25) is 5.91 Å². The van der Waals surface area contributed by atoms with Gasteiger partial charge in [0.05, 0.1) is 11.8 Å². The predicted octanol–water partition coefficient (Wildman–Crippen LogP) is -0.594. The molecule has 7 heteroatoms. The number of rotatable bonds is 7. The summed E-state index contributed by atoms with van der Waals surface area (Å²) >= 11 is 0. The third kappa shape index (κ3) is 4.70. The first-order chi connectivity index (χ1) is 9.06. The van der Waals surface area contributed by atoms with Crippen LogP contribution in [0.5, 0.6) is 0 Å². The molecule has 0 aliphatic carbocycles. The summed E-state index contributed by atoms with van der Waals surface area (Å²) in [5, 5.41) is 9.51. The first-order valence-corrected chi connectivity index (χ1v) is 6.31. The van der Waals surface area contributed by atoms with Crippen molar-refractivity contribution >= 4 is 11.8 Å². The lowest BCUT2D eigenvalue weighted by molar-refractivity contribution is -0.118. The van der Waals surface area contributed by atoms with Crippen molar-refractivity contribution in [3.63, 3.8) is 0 Å². The molecule has 2 amide bonds. The van der Waals surface area contributed by atoms with Gasteiger partial charge in [0, 0.05) is 32.3 Å². The quantitative estimate of drug-likeness (QED) is 0.574. The molecule has 1 aromatic heterocycles. The van der Waals surface area contributed by atoms with Crippen LogP contribution in [0.4, 0.5) is 0 Å². The van der Waals surface area contributed by atoms with Gasteiger partial charge in [-0.1, -0.05) is 0 Å². The molecule has 0 fully saturated rings. The van der Waals surface area contributed by atoms with Gasteiger partial charge in [-0.2, -0.15) is 5.10 Å². The monoisotopic (exact) mass is 267 g/mol. The van der Waals surface area contributed by atoms with E-state index in [-0.39, 0.29) is 11.8 Å². The number of carbonyl (C=O) groups is 2. The molecule has 106 valence electrons. The van der Waals surface area contributed by atoms with E-state index < -0.39 is 0 Å². The molecule has 1 rings (SSSR count). The molecular weight excluding hydrogens is 246 g/mol. The second kappa shape index (κ2) is 7.52. The second-order valence-electron chi connectivity index (χ2n) is 4.25. The molecule has 4 N–H and O–H groups in total. The van der Waals surface area contributed by atoms with Gasteiger partial charge < -0.3 is 16.4 Å². The maximum atomic E-state index is 11.9. The minimum Gasteiger partial charge on any atom is -0.355 e. The summed E-state index contributed by atoms with van der Waals surface area (Å²) < 4.78 is 1.77. The first kappa shape index (κ1) is 15.2. The van der Waals surface area contributed by atoms with Crippen molar-refractivity contribution in [2.24, 2.45) is 5.73 Å². The van der Waals surface area contributed by atoms with Gasteiger partial charge in [0.25, 0.3) is 5.91 Å². The SMILES string of the molecule is CC(=O)NCCNC(=O)c1cnn(CCCN)c1C. The molecule has 7 nitrogen and oxygen atoms in total. The molecular formula is C12H21N5O2. The Balaban J connectivity index is 2.48. The van der Waals surface area contributed by atoms with E-state index in [1.165, 1.54) is 6.92 Å². The Labute approximate surface area is 112 Å². The lowest BCUT2D eigenvalue weighted by Crippen LogP contribution is -2.33. The molecule has 0 spiro atoms. The zero-order valence-electron chi connectivity index (χ0n) is 11.4. The molecule has 0 saturated heterocycles. The van der Waals surface area contributed by atoms with Crippen molar-refractivity contribution in [3.8, 4) is 0 Å². The van der Waals surface area contributed by atoms with Crippen LogP contribution < -0.4 is 16.4 Å². The molecule has 0 unspecified atom stereocenters. The minimum absolute atomic E-state index is 0.111. The van der Waals surface area contributed by atoms with Crippen LogP contribution in [0.25, 0.3) is 0 Å². The number of hydrogen-bond donors (Lipinski definition) is 3. The number of carbonyl (C=O) groups excluding carboxylic acids is 2. The number of aryl methyl sites for hydroxylation is 1. The Morgan fingerprint density at radius 3 is 2.68 bits per heavy atom. The molecule has 1 aromatic rings. The average Bonchev–Trinajstić information content (AvgIpc) is 2.73. The van der Waals surface area contributed by atoms with Crippen molar-refractivity contribution in [1.82, 2.24) is 20.4 Å². The van der Waals surface area contributed by atoms with E-state index in [4.69, 9.17) is 5.73 Å². The first-order valence-electron chi connectivity index (χ1n) is 6.31. The van der Waals surface area contributed by atoms with Crippen LogP contribution in [0.2, 0.25) is 0 Å². The van der Waals surface area contributed by atoms with Gasteiger partial charge in [-0.3, -0.25) is 14.3 Å². The minimum atomic E-state index is -0.179. The maximum absolute atomic E-state index is 11.9. The predicted molar refractivity (Wildman–Crippen MR) is 71.7 cm³/mol. The van der Waals surface area contributed by atoms with Gasteiger partial charge in [-0.15, -0.1) is 0 Å². The highest BCUT2D eigenvalue weighted by Gasteiger charge is 2.13. The molecule has 0 aliphatic rings. The van der Waals surface area contributed by atoms with E-state index in [2.05, 4.69) is 15.7 Å². The zero-order valence-corrected chi connectivity index (χ0v) is 11.4. The van der Waals surface area contributed by atoms with E-state index in [0.29, 0.717) is 31.7 Å².